The molecule has 0 aliphatic rings. The summed E-state index contributed by atoms with van der Waals surface area (Å²) in [6.07, 6.45) is -5.11. The van der Waals surface area contributed by atoms with Gasteiger partial charge >= 0.3 is 12.3 Å². The third-order valence-corrected chi connectivity index (χ3v) is 2.64. The van der Waals surface area contributed by atoms with Crippen molar-refractivity contribution in [3.05, 3.63) is 28.8 Å². The molecule has 1 aromatic rings. The second kappa shape index (κ2) is 6.48. The quantitative estimate of drug-likeness (QED) is 0.634. The molecule has 0 N–H and O–H groups in total. The van der Waals surface area contributed by atoms with Crippen molar-refractivity contribution in [1.29, 1.82) is 5.26 Å². The Bertz CT molecular complexity index is 552. The number of esters is 1. The number of halogens is 4. The highest BCUT2D eigenvalue weighted by molar-refractivity contribution is 6.17. The molecule has 0 aliphatic carbocycles. The Morgan fingerprint density at radius 1 is 1.40 bits per heavy atom. The second-order valence-electron chi connectivity index (χ2n) is 3.66. The average Bonchev–Trinajstić information content (AvgIpc) is 2.37. The number of hydrogen-bond acceptors (Lipinski definition) is 4. The summed E-state index contributed by atoms with van der Waals surface area (Å²) in [6, 6.07) is 3.71. The van der Waals surface area contributed by atoms with E-state index in [1.54, 1.807) is 6.07 Å². The van der Waals surface area contributed by atoms with E-state index in [2.05, 4.69) is 9.47 Å². The summed E-state index contributed by atoms with van der Waals surface area (Å²) in [6.45, 7) is 0. The molecule has 0 heterocycles. The standard InChI is InChI=1S/C12H9ClF3NO3/c1-19-11(18)4-7-2-9(6-17)10(3-8(7)5-13)20-12(14,15)16/h2-3H,4-5H2,1H3. The Kier molecular flexibility index (Phi) is 5.22. The Balaban J connectivity index is 3.24. The maximum absolute atomic E-state index is 12.2. The Labute approximate surface area is 117 Å². The van der Waals surface area contributed by atoms with Crippen molar-refractivity contribution in [2.75, 3.05) is 7.11 Å². The first-order chi connectivity index (χ1) is 9.30. The first-order valence-corrected chi connectivity index (χ1v) is 5.78. The Morgan fingerprint density at radius 2 is 2.05 bits per heavy atom. The van der Waals surface area contributed by atoms with Gasteiger partial charge < -0.3 is 9.47 Å². The van der Waals surface area contributed by atoms with Crippen LogP contribution in [0, 0.1) is 11.3 Å². The number of carbonyl (C=O) groups is 1. The monoisotopic (exact) mass is 307 g/mol. The molecule has 108 valence electrons. The highest BCUT2D eigenvalue weighted by atomic mass is 35.5. The van der Waals surface area contributed by atoms with Crippen LogP contribution in [0.5, 0.6) is 5.75 Å². The maximum Gasteiger partial charge on any atom is 0.573 e. The summed E-state index contributed by atoms with van der Waals surface area (Å²) in [7, 11) is 1.18. The molecule has 0 aromatic heterocycles. The molecule has 0 spiro atoms. The first-order valence-electron chi connectivity index (χ1n) is 5.25. The van der Waals surface area contributed by atoms with E-state index < -0.39 is 18.1 Å². The highest BCUT2D eigenvalue weighted by Gasteiger charge is 2.32. The molecule has 0 saturated carbocycles. The molecule has 20 heavy (non-hydrogen) atoms. The van der Waals surface area contributed by atoms with Gasteiger partial charge in [-0.2, -0.15) is 5.26 Å². The first kappa shape index (κ1) is 16.1. The van der Waals surface area contributed by atoms with Crippen LogP contribution in [-0.2, 0) is 21.8 Å². The Morgan fingerprint density at radius 3 is 2.50 bits per heavy atom. The number of hydrogen-bond donors (Lipinski definition) is 0. The molecule has 0 saturated heterocycles. The topological polar surface area (TPSA) is 59.3 Å². The van der Waals surface area contributed by atoms with Crippen LogP contribution in [0.4, 0.5) is 13.2 Å². The molecule has 8 heteroatoms. The van der Waals surface area contributed by atoms with E-state index in [0.29, 0.717) is 5.56 Å². The summed E-state index contributed by atoms with van der Waals surface area (Å²) >= 11 is 5.63. The van der Waals surface area contributed by atoms with Crippen LogP contribution in [0.3, 0.4) is 0 Å². The van der Waals surface area contributed by atoms with Crippen molar-refractivity contribution < 1.29 is 27.4 Å². The van der Waals surface area contributed by atoms with E-state index in [1.165, 1.54) is 7.11 Å². The van der Waals surface area contributed by atoms with Gasteiger partial charge in [-0.3, -0.25) is 4.79 Å². The van der Waals surface area contributed by atoms with Gasteiger partial charge in [-0.1, -0.05) is 0 Å². The molecule has 1 aromatic carbocycles. The summed E-state index contributed by atoms with van der Waals surface area (Å²) in [5.41, 5.74) is 0.239. The van der Waals surface area contributed by atoms with Crippen LogP contribution in [-0.4, -0.2) is 19.4 Å². The lowest BCUT2D eigenvalue weighted by atomic mass is 10.0. The average molecular weight is 308 g/mol. The van der Waals surface area contributed by atoms with Crippen LogP contribution in [0.1, 0.15) is 16.7 Å². The zero-order chi connectivity index (χ0) is 15.3. The van der Waals surface area contributed by atoms with Crippen LogP contribution in [0.25, 0.3) is 0 Å². The van der Waals surface area contributed by atoms with Crippen molar-refractivity contribution in [3.8, 4) is 11.8 Å². The van der Waals surface area contributed by atoms with Gasteiger partial charge in [-0.05, 0) is 23.3 Å². The molecule has 0 fully saturated rings. The molecule has 4 nitrogen and oxygen atoms in total. The van der Waals surface area contributed by atoms with Gasteiger partial charge in [0, 0.05) is 5.88 Å². The van der Waals surface area contributed by atoms with E-state index in [-0.39, 0.29) is 23.4 Å². The highest BCUT2D eigenvalue weighted by Crippen LogP contribution is 2.30. The van der Waals surface area contributed by atoms with Gasteiger partial charge in [0.2, 0.25) is 0 Å². The molecule has 1 rings (SSSR count). The third-order valence-electron chi connectivity index (χ3n) is 2.35. The Hall–Kier alpha value is -1.94. The molecule has 0 unspecified atom stereocenters. The van der Waals surface area contributed by atoms with Crippen LogP contribution in [0.2, 0.25) is 0 Å². The van der Waals surface area contributed by atoms with Gasteiger partial charge in [0.15, 0.2) is 0 Å². The van der Waals surface area contributed by atoms with E-state index in [1.807, 2.05) is 0 Å². The number of benzene rings is 1. The summed E-state index contributed by atoms with van der Waals surface area (Å²) in [4.78, 5) is 11.2. The van der Waals surface area contributed by atoms with Gasteiger partial charge in [0.25, 0.3) is 0 Å². The predicted molar refractivity (Wildman–Crippen MR) is 63.1 cm³/mol. The lowest BCUT2D eigenvalue weighted by molar-refractivity contribution is -0.274. The van der Waals surface area contributed by atoms with Gasteiger partial charge in [0.1, 0.15) is 11.8 Å². The van der Waals surface area contributed by atoms with Crippen molar-refractivity contribution >= 4 is 17.6 Å². The molecule has 0 aliphatic heterocycles. The molecule has 0 amide bonds. The number of alkyl halides is 4. The van der Waals surface area contributed by atoms with Crippen molar-refractivity contribution in [3.63, 3.8) is 0 Å². The van der Waals surface area contributed by atoms with Crippen LogP contribution < -0.4 is 4.74 Å². The van der Waals surface area contributed by atoms with E-state index >= 15 is 0 Å². The van der Waals surface area contributed by atoms with Crippen molar-refractivity contribution in [1.82, 2.24) is 0 Å². The number of carbonyl (C=O) groups excluding carboxylic acids is 1. The molecular weight excluding hydrogens is 299 g/mol. The number of rotatable bonds is 4. The van der Waals surface area contributed by atoms with Crippen molar-refractivity contribution in [2.24, 2.45) is 0 Å². The summed E-state index contributed by atoms with van der Waals surface area (Å²) < 4.78 is 44.9. The van der Waals surface area contributed by atoms with Gasteiger partial charge in [-0.15, -0.1) is 24.8 Å². The smallest absolute Gasteiger partial charge is 0.469 e. The normalized spacial score (nSPS) is 10.8. The fraction of sp³-hybridized carbons (Fsp3) is 0.333. The predicted octanol–water partition coefficient (Wildman–Crippen LogP) is 2.91. The molecule has 0 radical (unpaired) electrons. The number of nitriles is 1. The van der Waals surface area contributed by atoms with Crippen LogP contribution in [0.15, 0.2) is 12.1 Å². The maximum atomic E-state index is 12.2. The third kappa shape index (κ3) is 4.31. The molecular formula is C12H9ClF3NO3. The molecule has 0 bridgehead atoms. The summed E-state index contributed by atoms with van der Waals surface area (Å²) in [5.74, 6) is -1.37. The lowest BCUT2D eigenvalue weighted by Gasteiger charge is -2.14. The van der Waals surface area contributed by atoms with Crippen LogP contribution >= 0.6 is 11.6 Å². The lowest BCUT2D eigenvalue weighted by Crippen LogP contribution is -2.18. The number of ether oxygens (including phenoxy) is 2. The fourth-order valence-electron chi connectivity index (χ4n) is 1.48. The minimum Gasteiger partial charge on any atom is -0.469 e. The molecule has 0 atom stereocenters. The SMILES string of the molecule is COC(=O)Cc1cc(C#N)c(OC(F)(F)F)cc1CCl. The van der Waals surface area contributed by atoms with E-state index in [4.69, 9.17) is 16.9 Å². The van der Waals surface area contributed by atoms with Gasteiger partial charge in [-0.25, -0.2) is 0 Å². The van der Waals surface area contributed by atoms with Crippen molar-refractivity contribution in [2.45, 2.75) is 18.7 Å². The number of nitrogens with zero attached hydrogens (tertiary/aromatic N) is 1. The summed E-state index contributed by atoms with van der Waals surface area (Å²) in [5, 5.41) is 8.85. The second-order valence-corrected chi connectivity index (χ2v) is 3.93. The number of methoxy groups -OCH3 is 1. The fourth-order valence-corrected chi connectivity index (χ4v) is 1.73. The largest absolute Gasteiger partial charge is 0.573 e. The zero-order valence-corrected chi connectivity index (χ0v) is 11.0. The minimum atomic E-state index is -4.92. The van der Waals surface area contributed by atoms with Gasteiger partial charge in [0.05, 0.1) is 19.1 Å². The van der Waals surface area contributed by atoms with E-state index in [0.717, 1.165) is 12.1 Å². The zero-order valence-electron chi connectivity index (χ0n) is 10.3. The minimum absolute atomic E-state index is 0.133. The van der Waals surface area contributed by atoms with E-state index in [9.17, 15) is 18.0 Å².